The number of piperazine rings is 1. The molecule has 0 spiro atoms. The average Bonchev–Trinajstić information content (AvgIpc) is 3.06. The predicted molar refractivity (Wildman–Crippen MR) is 87.0 cm³/mol. The molecule has 0 atom stereocenters. The molecule has 1 aliphatic rings. The van der Waals surface area contributed by atoms with Crippen molar-refractivity contribution in [2.24, 2.45) is 0 Å². The van der Waals surface area contributed by atoms with Crippen molar-refractivity contribution in [2.45, 2.75) is 6.92 Å². The van der Waals surface area contributed by atoms with Gasteiger partial charge < -0.3 is 19.6 Å². The van der Waals surface area contributed by atoms with Crippen molar-refractivity contribution in [3.63, 3.8) is 0 Å². The van der Waals surface area contributed by atoms with Crippen LogP contribution in [-0.4, -0.2) is 64.3 Å². The van der Waals surface area contributed by atoms with E-state index in [2.05, 4.69) is 15.5 Å². The van der Waals surface area contributed by atoms with E-state index in [-0.39, 0.29) is 23.1 Å². The number of carbonyl (C=O) groups excluding carboxylic acids is 3. The SMILES string of the molecule is Cc1cc(NC(=O)c2cccc(C(=O)N3CCN(C=O)CC3)n2)no1. The number of rotatable bonds is 4. The molecule has 9 nitrogen and oxygen atoms in total. The molecule has 0 aromatic carbocycles. The van der Waals surface area contributed by atoms with Crippen molar-refractivity contribution in [3.8, 4) is 0 Å². The smallest absolute Gasteiger partial charge is 0.275 e. The van der Waals surface area contributed by atoms with Crippen LogP contribution in [0.15, 0.2) is 28.8 Å². The average molecular weight is 343 g/mol. The lowest BCUT2D eigenvalue weighted by atomic mass is 10.2. The minimum Gasteiger partial charge on any atom is -0.360 e. The van der Waals surface area contributed by atoms with Gasteiger partial charge in [0, 0.05) is 32.2 Å². The van der Waals surface area contributed by atoms with E-state index < -0.39 is 5.91 Å². The van der Waals surface area contributed by atoms with Crippen LogP contribution >= 0.6 is 0 Å². The molecular weight excluding hydrogens is 326 g/mol. The number of nitrogens with one attached hydrogen (secondary N) is 1. The minimum absolute atomic E-state index is 0.109. The summed E-state index contributed by atoms with van der Waals surface area (Å²) in [4.78, 5) is 42.9. The summed E-state index contributed by atoms with van der Waals surface area (Å²) in [6.45, 7) is 3.56. The molecule has 25 heavy (non-hydrogen) atoms. The summed E-state index contributed by atoms with van der Waals surface area (Å²) >= 11 is 0. The largest absolute Gasteiger partial charge is 0.360 e. The second kappa shape index (κ2) is 7.12. The Bertz CT molecular complexity index is 795. The molecule has 2 aromatic heterocycles. The summed E-state index contributed by atoms with van der Waals surface area (Å²) in [5.74, 6) is 0.110. The number of aryl methyl sites for hydroxylation is 1. The van der Waals surface area contributed by atoms with Crippen molar-refractivity contribution in [1.29, 1.82) is 0 Å². The molecule has 1 aliphatic heterocycles. The number of hydrogen-bond donors (Lipinski definition) is 1. The lowest BCUT2D eigenvalue weighted by Gasteiger charge is -2.32. The van der Waals surface area contributed by atoms with Gasteiger partial charge in [-0.2, -0.15) is 0 Å². The predicted octanol–water partition coefficient (Wildman–Crippen LogP) is 0.545. The molecule has 0 bridgehead atoms. The first kappa shape index (κ1) is 16.6. The molecule has 1 saturated heterocycles. The summed E-state index contributed by atoms with van der Waals surface area (Å²) in [6.07, 6.45) is 0.774. The van der Waals surface area contributed by atoms with Crippen LogP contribution in [-0.2, 0) is 4.79 Å². The van der Waals surface area contributed by atoms with E-state index in [0.717, 1.165) is 6.41 Å². The van der Waals surface area contributed by atoms with Crippen LogP contribution in [0, 0.1) is 6.92 Å². The Labute approximate surface area is 143 Å². The van der Waals surface area contributed by atoms with Gasteiger partial charge in [-0.1, -0.05) is 11.2 Å². The van der Waals surface area contributed by atoms with Crippen molar-refractivity contribution < 1.29 is 18.9 Å². The first-order valence-electron chi connectivity index (χ1n) is 7.77. The number of aromatic nitrogens is 2. The number of pyridine rings is 1. The topological polar surface area (TPSA) is 109 Å². The first-order chi connectivity index (χ1) is 12.1. The molecule has 1 N–H and O–H groups in total. The second-order valence-corrected chi connectivity index (χ2v) is 5.62. The molecule has 9 heteroatoms. The summed E-state index contributed by atoms with van der Waals surface area (Å²) in [5.41, 5.74) is 0.293. The monoisotopic (exact) mass is 343 g/mol. The van der Waals surface area contributed by atoms with Gasteiger partial charge in [-0.15, -0.1) is 0 Å². The number of amides is 3. The zero-order chi connectivity index (χ0) is 17.8. The fourth-order valence-corrected chi connectivity index (χ4v) is 2.48. The fraction of sp³-hybridized carbons (Fsp3) is 0.312. The molecule has 0 aliphatic carbocycles. The van der Waals surface area contributed by atoms with E-state index in [1.54, 1.807) is 34.9 Å². The third-order valence-corrected chi connectivity index (χ3v) is 3.82. The molecule has 1 fully saturated rings. The normalized spacial score (nSPS) is 14.3. The second-order valence-electron chi connectivity index (χ2n) is 5.62. The van der Waals surface area contributed by atoms with Gasteiger partial charge >= 0.3 is 0 Å². The van der Waals surface area contributed by atoms with Crippen LogP contribution in [0.25, 0.3) is 0 Å². The van der Waals surface area contributed by atoms with E-state index in [4.69, 9.17) is 4.52 Å². The Balaban J connectivity index is 1.69. The maximum atomic E-state index is 12.5. The summed E-state index contributed by atoms with van der Waals surface area (Å²) in [7, 11) is 0. The van der Waals surface area contributed by atoms with Gasteiger partial charge in [0.25, 0.3) is 11.8 Å². The van der Waals surface area contributed by atoms with Crippen molar-refractivity contribution in [3.05, 3.63) is 41.4 Å². The Morgan fingerprint density at radius 2 is 1.92 bits per heavy atom. The Morgan fingerprint density at radius 1 is 1.20 bits per heavy atom. The molecule has 2 aromatic rings. The highest BCUT2D eigenvalue weighted by atomic mass is 16.5. The van der Waals surface area contributed by atoms with E-state index in [1.165, 1.54) is 6.07 Å². The van der Waals surface area contributed by atoms with Gasteiger partial charge in [0.15, 0.2) is 5.82 Å². The maximum absolute atomic E-state index is 12.5. The van der Waals surface area contributed by atoms with Crippen LogP contribution in [0.1, 0.15) is 26.7 Å². The number of carbonyl (C=O) groups is 3. The zero-order valence-corrected chi connectivity index (χ0v) is 13.6. The van der Waals surface area contributed by atoms with Gasteiger partial charge in [-0.25, -0.2) is 4.98 Å². The molecule has 3 amide bonds. The third kappa shape index (κ3) is 3.82. The van der Waals surface area contributed by atoms with Gasteiger partial charge in [0.2, 0.25) is 6.41 Å². The lowest BCUT2D eigenvalue weighted by molar-refractivity contribution is -0.119. The molecule has 3 heterocycles. The van der Waals surface area contributed by atoms with Crippen LogP contribution in [0.3, 0.4) is 0 Å². The van der Waals surface area contributed by atoms with Gasteiger partial charge in [0.1, 0.15) is 17.1 Å². The summed E-state index contributed by atoms with van der Waals surface area (Å²) < 4.78 is 4.89. The summed E-state index contributed by atoms with van der Waals surface area (Å²) in [6, 6.07) is 6.26. The highest BCUT2D eigenvalue weighted by Gasteiger charge is 2.23. The molecule has 130 valence electrons. The van der Waals surface area contributed by atoms with Gasteiger partial charge in [-0.05, 0) is 19.1 Å². The lowest BCUT2D eigenvalue weighted by Crippen LogP contribution is -2.48. The standard InChI is InChI=1S/C16H17N5O4/c1-11-9-14(19-25-11)18-15(23)12-3-2-4-13(17-12)16(24)21-7-5-20(10-22)6-8-21/h2-4,9-10H,5-8H2,1H3,(H,18,19,23). The number of anilines is 1. The number of nitrogens with zero attached hydrogens (tertiary/aromatic N) is 4. The van der Waals surface area contributed by atoms with Crippen molar-refractivity contribution in [1.82, 2.24) is 19.9 Å². The van der Waals surface area contributed by atoms with E-state index in [0.29, 0.717) is 31.9 Å². The maximum Gasteiger partial charge on any atom is 0.275 e. The van der Waals surface area contributed by atoms with Crippen molar-refractivity contribution in [2.75, 3.05) is 31.5 Å². The summed E-state index contributed by atoms with van der Waals surface area (Å²) in [5, 5.41) is 6.25. The van der Waals surface area contributed by atoms with Crippen LogP contribution < -0.4 is 5.32 Å². The highest BCUT2D eigenvalue weighted by Crippen LogP contribution is 2.11. The Hall–Kier alpha value is -3.23. The van der Waals surface area contributed by atoms with E-state index in [1.807, 2.05) is 0 Å². The minimum atomic E-state index is -0.478. The molecule has 0 saturated carbocycles. The Morgan fingerprint density at radius 3 is 2.56 bits per heavy atom. The van der Waals surface area contributed by atoms with E-state index >= 15 is 0 Å². The first-order valence-corrected chi connectivity index (χ1v) is 7.77. The zero-order valence-electron chi connectivity index (χ0n) is 13.6. The molecule has 0 unspecified atom stereocenters. The van der Waals surface area contributed by atoms with Crippen LogP contribution in [0.2, 0.25) is 0 Å². The van der Waals surface area contributed by atoms with Crippen molar-refractivity contribution >= 4 is 24.0 Å². The van der Waals surface area contributed by atoms with Gasteiger partial charge in [0.05, 0.1) is 0 Å². The molecule has 3 rings (SSSR count). The van der Waals surface area contributed by atoms with Crippen LogP contribution in [0.5, 0.6) is 0 Å². The van der Waals surface area contributed by atoms with Crippen LogP contribution in [0.4, 0.5) is 5.82 Å². The van der Waals surface area contributed by atoms with E-state index in [9.17, 15) is 14.4 Å². The highest BCUT2D eigenvalue weighted by molar-refractivity contribution is 6.03. The quantitative estimate of drug-likeness (QED) is 0.812. The third-order valence-electron chi connectivity index (χ3n) is 3.82. The molecular formula is C16H17N5O4. The van der Waals surface area contributed by atoms with Gasteiger partial charge in [-0.3, -0.25) is 14.4 Å². The fourth-order valence-electron chi connectivity index (χ4n) is 2.48. The number of hydrogen-bond acceptors (Lipinski definition) is 6. The Kier molecular flexibility index (Phi) is 4.73. The molecule has 0 radical (unpaired) electrons.